The number of aromatic nitrogens is 1. The highest BCUT2D eigenvalue weighted by atomic mass is 35.5. The van der Waals surface area contributed by atoms with Crippen LogP contribution in [0.4, 0.5) is 5.69 Å². The van der Waals surface area contributed by atoms with Gasteiger partial charge in [0.1, 0.15) is 5.75 Å². The van der Waals surface area contributed by atoms with Crippen molar-refractivity contribution in [1.29, 1.82) is 0 Å². The monoisotopic (exact) mass is 407 g/mol. The maximum Gasteiger partial charge on any atom is 0.257 e. The molecule has 2 aliphatic rings. The Morgan fingerprint density at radius 1 is 1.10 bits per heavy atom. The van der Waals surface area contributed by atoms with Crippen LogP contribution in [0.5, 0.6) is 5.75 Å². The molecular formula is C23H22ClN3O2. The Kier molecular flexibility index (Phi) is 4.28. The molecule has 1 spiro atoms. The first-order valence-corrected chi connectivity index (χ1v) is 10.2. The molecule has 0 radical (unpaired) electrons. The van der Waals surface area contributed by atoms with Crippen molar-refractivity contribution in [3.8, 4) is 11.4 Å². The van der Waals surface area contributed by atoms with Crippen molar-refractivity contribution in [2.45, 2.75) is 18.4 Å². The predicted molar refractivity (Wildman–Crippen MR) is 114 cm³/mol. The van der Waals surface area contributed by atoms with E-state index >= 15 is 0 Å². The van der Waals surface area contributed by atoms with E-state index in [0.717, 1.165) is 29.2 Å². The van der Waals surface area contributed by atoms with Crippen molar-refractivity contribution >= 4 is 23.2 Å². The number of amides is 1. The zero-order chi connectivity index (χ0) is 20.0. The third kappa shape index (κ3) is 2.88. The van der Waals surface area contributed by atoms with Gasteiger partial charge in [0, 0.05) is 30.0 Å². The lowest BCUT2D eigenvalue weighted by Crippen LogP contribution is -2.51. The van der Waals surface area contributed by atoms with Crippen LogP contribution in [-0.4, -0.2) is 35.6 Å². The molecule has 1 saturated heterocycles. The minimum Gasteiger partial charge on any atom is -0.496 e. The van der Waals surface area contributed by atoms with Crippen LogP contribution in [-0.2, 0) is 5.54 Å². The summed E-state index contributed by atoms with van der Waals surface area (Å²) in [5.74, 6) is 0.643. The molecule has 148 valence electrons. The number of piperidine rings is 1. The number of nitrogens with zero attached hydrogens (tertiary/aromatic N) is 2. The van der Waals surface area contributed by atoms with E-state index in [0.29, 0.717) is 24.4 Å². The van der Waals surface area contributed by atoms with E-state index < -0.39 is 0 Å². The molecule has 29 heavy (non-hydrogen) atoms. The van der Waals surface area contributed by atoms with E-state index in [9.17, 15) is 4.79 Å². The Morgan fingerprint density at radius 2 is 1.90 bits per heavy atom. The van der Waals surface area contributed by atoms with E-state index in [4.69, 9.17) is 16.3 Å². The van der Waals surface area contributed by atoms with Gasteiger partial charge in [-0.1, -0.05) is 23.7 Å². The molecular weight excluding hydrogens is 386 g/mol. The lowest BCUT2D eigenvalue weighted by molar-refractivity contribution is 0.0673. The lowest BCUT2D eigenvalue weighted by Gasteiger charge is -2.46. The fraction of sp³-hybridized carbons (Fsp3) is 0.261. The summed E-state index contributed by atoms with van der Waals surface area (Å²) in [6, 6.07) is 17.6. The third-order valence-electron chi connectivity index (χ3n) is 6.07. The summed E-state index contributed by atoms with van der Waals surface area (Å²) in [5.41, 5.74) is 3.78. The van der Waals surface area contributed by atoms with Crippen LogP contribution in [0.3, 0.4) is 0 Å². The number of fused-ring (bicyclic) bond motifs is 4. The molecule has 2 aliphatic heterocycles. The van der Waals surface area contributed by atoms with Gasteiger partial charge in [-0.3, -0.25) is 4.79 Å². The fourth-order valence-corrected chi connectivity index (χ4v) is 4.74. The second kappa shape index (κ2) is 6.85. The standard InChI is InChI=1S/C23H22ClN3O2/c1-29-20-6-3-2-5-17(20)22(28)26-13-10-23(11-14-26)21-7-4-12-27(21)19-15-16(24)8-9-18(19)25-23/h2-9,12,15,25H,10-11,13-14H2,1H3. The van der Waals surface area contributed by atoms with Crippen LogP contribution in [0.15, 0.2) is 60.8 Å². The van der Waals surface area contributed by atoms with E-state index in [-0.39, 0.29) is 11.4 Å². The maximum absolute atomic E-state index is 13.1. The number of carbonyl (C=O) groups excluding carboxylic acids is 1. The van der Waals surface area contributed by atoms with Crippen LogP contribution >= 0.6 is 11.6 Å². The van der Waals surface area contributed by atoms with E-state index in [1.807, 2.05) is 47.4 Å². The van der Waals surface area contributed by atoms with Crippen molar-refractivity contribution < 1.29 is 9.53 Å². The Bertz CT molecular complexity index is 1080. The van der Waals surface area contributed by atoms with E-state index in [1.165, 1.54) is 5.69 Å². The largest absolute Gasteiger partial charge is 0.496 e. The van der Waals surface area contributed by atoms with E-state index in [2.05, 4.69) is 28.2 Å². The van der Waals surface area contributed by atoms with Crippen molar-refractivity contribution in [1.82, 2.24) is 9.47 Å². The van der Waals surface area contributed by atoms with Crippen LogP contribution in [0.1, 0.15) is 28.9 Å². The van der Waals surface area contributed by atoms with Crippen molar-refractivity contribution in [2.24, 2.45) is 0 Å². The average molecular weight is 408 g/mol. The van der Waals surface area contributed by atoms with Crippen molar-refractivity contribution in [3.05, 3.63) is 77.1 Å². The molecule has 0 aliphatic carbocycles. The van der Waals surface area contributed by atoms with Gasteiger partial charge in [-0.2, -0.15) is 0 Å². The van der Waals surface area contributed by atoms with Gasteiger partial charge in [0.25, 0.3) is 5.91 Å². The summed E-state index contributed by atoms with van der Waals surface area (Å²) < 4.78 is 7.60. The molecule has 3 aromatic rings. The number of anilines is 1. The number of nitrogens with one attached hydrogen (secondary N) is 1. The van der Waals surface area contributed by atoms with Gasteiger partial charge >= 0.3 is 0 Å². The summed E-state index contributed by atoms with van der Waals surface area (Å²) in [5, 5.41) is 4.48. The number of methoxy groups -OCH3 is 1. The summed E-state index contributed by atoms with van der Waals surface area (Å²) in [4.78, 5) is 15.0. The van der Waals surface area contributed by atoms with Gasteiger partial charge in [-0.25, -0.2) is 0 Å². The SMILES string of the molecule is COc1ccccc1C(=O)N1CCC2(CC1)Nc1ccc(Cl)cc1-n1cccc12. The molecule has 0 bridgehead atoms. The van der Waals surface area contributed by atoms with Crippen molar-refractivity contribution in [3.63, 3.8) is 0 Å². The van der Waals surface area contributed by atoms with Crippen LogP contribution in [0, 0.1) is 0 Å². The van der Waals surface area contributed by atoms with Gasteiger partial charge in [0.05, 0.1) is 29.6 Å². The second-order valence-electron chi connectivity index (χ2n) is 7.62. The van der Waals surface area contributed by atoms with E-state index in [1.54, 1.807) is 7.11 Å². The van der Waals surface area contributed by atoms with Gasteiger partial charge in [0.2, 0.25) is 0 Å². The highest BCUT2D eigenvalue weighted by Gasteiger charge is 2.42. The number of ether oxygens (including phenoxy) is 1. The fourth-order valence-electron chi connectivity index (χ4n) is 4.58. The number of carbonyl (C=O) groups is 1. The number of rotatable bonds is 2. The number of hydrogen-bond acceptors (Lipinski definition) is 3. The van der Waals surface area contributed by atoms with Crippen LogP contribution < -0.4 is 10.1 Å². The van der Waals surface area contributed by atoms with Gasteiger partial charge < -0.3 is 19.5 Å². The van der Waals surface area contributed by atoms with Gasteiger partial charge in [0.15, 0.2) is 0 Å². The minimum atomic E-state index is -0.193. The highest BCUT2D eigenvalue weighted by Crippen LogP contribution is 2.44. The lowest BCUT2D eigenvalue weighted by atomic mass is 9.82. The van der Waals surface area contributed by atoms with Gasteiger partial charge in [-0.05, 0) is 55.3 Å². The zero-order valence-electron chi connectivity index (χ0n) is 16.2. The Morgan fingerprint density at radius 3 is 2.69 bits per heavy atom. The molecule has 2 aromatic carbocycles. The topological polar surface area (TPSA) is 46.5 Å². The molecule has 5 nitrogen and oxygen atoms in total. The highest BCUT2D eigenvalue weighted by molar-refractivity contribution is 6.30. The third-order valence-corrected chi connectivity index (χ3v) is 6.31. The first kappa shape index (κ1) is 18.1. The summed E-state index contributed by atoms with van der Waals surface area (Å²) in [6.07, 6.45) is 3.75. The number of hydrogen-bond donors (Lipinski definition) is 1. The molecule has 1 amide bonds. The molecule has 0 unspecified atom stereocenters. The van der Waals surface area contributed by atoms with Crippen LogP contribution in [0.2, 0.25) is 5.02 Å². The summed E-state index contributed by atoms with van der Waals surface area (Å²) in [6.45, 7) is 1.36. The normalized spacial score (nSPS) is 16.7. The summed E-state index contributed by atoms with van der Waals surface area (Å²) >= 11 is 6.23. The molecule has 1 aromatic heterocycles. The predicted octanol–water partition coefficient (Wildman–Crippen LogP) is 4.70. The first-order chi connectivity index (χ1) is 14.1. The van der Waals surface area contributed by atoms with Crippen molar-refractivity contribution in [2.75, 3.05) is 25.5 Å². The minimum absolute atomic E-state index is 0.0238. The quantitative estimate of drug-likeness (QED) is 0.670. The first-order valence-electron chi connectivity index (χ1n) is 9.79. The van der Waals surface area contributed by atoms with Gasteiger partial charge in [-0.15, -0.1) is 0 Å². The Balaban J connectivity index is 1.42. The zero-order valence-corrected chi connectivity index (χ0v) is 16.9. The molecule has 6 heteroatoms. The molecule has 1 fully saturated rings. The maximum atomic E-state index is 13.1. The molecule has 0 saturated carbocycles. The van der Waals surface area contributed by atoms with Crippen LogP contribution in [0.25, 0.3) is 5.69 Å². The molecule has 3 heterocycles. The second-order valence-corrected chi connectivity index (χ2v) is 8.06. The number of halogens is 1. The molecule has 5 rings (SSSR count). The Hall–Kier alpha value is -2.92. The number of benzene rings is 2. The average Bonchev–Trinajstić information content (AvgIpc) is 3.26. The summed E-state index contributed by atoms with van der Waals surface area (Å²) in [7, 11) is 1.60. The smallest absolute Gasteiger partial charge is 0.257 e. The molecule has 0 atom stereocenters. The Labute approximate surface area is 174 Å². The molecule has 1 N–H and O–H groups in total. The number of likely N-dealkylation sites (tertiary alicyclic amines) is 1. The number of para-hydroxylation sites is 1.